The zero-order valence-electron chi connectivity index (χ0n) is 32.0. The number of likely N-dealkylation sites (tertiary alicyclic amines) is 1. The van der Waals surface area contributed by atoms with Crippen molar-refractivity contribution >= 4 is 40.3 Å². The van der Waals surface area contributed by atoms with E-state index in [9.17, 15) is 28.0 Å². The summed E-state index contributed by atoms with van der Waals surface area (Å²) in [7, 11) is 0. The minimum atomic E-state index is -2.27. The second-order valence-corrected chi connectivity index (χ2v) is 14.7. The van der Waals surface area contributed by atoms with Gasteiger partial charge in [-0.15, -0.1) is 0 Å². The maximum atomic E-state index is 14.5. The first-order valence-corrected chi connectivity index (χ1v) is 19.1. The minimum Gasteiger partial charge on any atom is -0.479 e. The lowest BCUT2D eigenvalue weighted by atomic mass is 10.00. The highest BCUT2D eigenvalue weighted by molar-refractivity contribution is 6.30. The number of carbonyl (C=O) groups is 3. The topological polar surface area (TPSA) is 174 Å². The number of piperidine rings is 1. The number of aryl methyl sites for hydroxylation is 2. The van der Waals surface area contributed by atoms with Crippen molar-refractivity contribution in [3.63, 3.8) is 0 Å². The number of aromatic nitrogens is 2. The summed E-state index contributed by atoms with van der Waals surface area (Å²) < 4.78 is 30.3. The molecule has 12 nitrogen and oxygen atoms in total. The van der Waals surface area contributed by atoms with Crippen molar-refractivity contribution in [3.8, 4) is 11.1 Å². The van der Waals surface area contributed by atoms with Crippen molar-refractivity contribution in [2.45, 2.75) is 76.9 Å². The van der Waals surface area contributed by atoms with Gasteiger partial charge in [-0.1, -0.05) is 72.3 Å². The van der Waals surface area contributed by atoms with E-state index < -0.39 is 41.3 Å². The molecule has 15 heteroatoms. The van der Waals surface area contributed by atoms with Crippen molar-refractivity contribution in [1.29, 1.82) is 0 Å². The molecule has 1 saturated heterocycles. The largest absolute Gasteiger partial charge is 0.479 e. The maximum Gasteiger partial charge on any atom is 0.335 e. The molecule has 0 aliphatic carbocycles. The van der Waals surface area contributed by atoms with E-state index in [0.29, 0.717) is 34.3 Å². The van der Waals surface area contributed by atoms with Gasteiger partial charge in [0.1, 0.15) is 12.4 Å². The number of aliphatic hydroxyl groups is 2. The number of benzene rings is 4. The normalized spacial score (nSPS) is 14.4. The first-order valence-electron chi connectivity index (χ1n) is 18.8. The third-order valence-corrected chi connectivity index (χ3v) is 10.4. The van der Waals surface area contributed by atoms with E-state index in [0.717, 1.165) is 48.7 Å². The molecular formula is C43H45ClF2N4O8. The quantitative estimate of drug-likeness (QED) is 0.118. The van der Waals surface area contributed by atoms with Crippen molar-refractivity contribution in [3.05, 3.63) is 135 Å². The standard InChI is InChI=1S/C39H39ClF2N4O2.C4H6O6/c1-26(2)44-22-20-32(21-23-44)45(24-27-10-12-28(13-11-27)29-14-17-31(40)18-15-29)37(47)25-46-35-9-4-3-7-33(35)39(48)43-36(46)19-16-30-6-5-8-34(41)38(30)42;5-1(3(7)8)2(6)4(9)10/h3-15,17-18,26,32H,16,19-25H2,1-2H3;1-2,5-6H,(H,7,8)(H,9,10)/t;1-,2-/m.1/s1. The lowest BCUT2D eigenvalue weighted by Gasteiger charge is -2.40. The molecule has 2 heterocycles. The first-order chi connectivity index (χ1) is 27.6. The monoisotopic (exact) mass is 818 g/mol. The van der Waals surface area contributed by atoms with Gasteiger partial charge in [0.25, 0.3) is 5.56 Å². The molecule has 1 aliphatic rings. The Morgan fingerprint density at radius 2 is 1.41 bits per heavy atom. The van der Waals surface area contributed by atoms with Gasteiger partial charge in [-0.2, -0.15) is 4.98 Å². The molecule has 4 aromatic carbocycles. The summed E-state index contributed by atoms with van der Waals surface area (Å²) in [6.45, 7) is 6.57. The summed E-state index contributed by atoms with van der Waals surface area (Å²) >= 11 is 6.09. The molecule has 1 amide bonds. The predicted molar refractivity (Wildman–Crippen MR) is 214 cm³/mol. The molecule has 0 radical (unpaired) electrons. The number of nitrogens with zero attached hydrogens (tertiary/aromatic N) is 4. The van der Waals surface area contributed by atoms with E-state index in [-0.39, 0.29) is 36.9 Å². The van der Waals surface area contributed by atoms with Gasteiger partial charge in [0.15, 0.2) is 23.8 Å². The van der Waals surface area contributed by atoms with Crippen LogP contribution in [0.4, 0.5) is 8.78 Å². The van der Waals surface area contributed by atoms with Gasteiger partial charge in [0.2, 0.25) is 5.91 Å². The summed E-state index contributed by atoms with van der Waals surface area (Å²) in [5.41, 5.74) is 3.49. The fraction of sp³-hybridized carbons (Fsp3) is 0.326. The van der Waals surface area contributed by atoms with Crippen LogP contribution in [-0.2, 0) is 40.3 Å². The van der Waals surface area contributed by atoms with E-state index in [4.69, 9.17) is 32.0 Å². The number of halogens is 3. The number of hydrogen-bond acceptors (Lipinski definition) is 8. The van der Waals surface area contributed by atoms with Crippen LogP contribution >= 0.6 is 11.6 Å². The second-order valence-electron chi connectivity index (χ2n) is 14.3. The molecule has 0 spiro atoms. The average molecular weight is 819 g/mol. The number of para-hydroxylation sites is 1. The van der Waals surface area contributed by atoms with Crippen molar-refractivity contribution in [2.75, 3.05) is 13.1 Å². The van der Waals surface area contributed by atoms with Crippen LogP contribution in [0.2, 0.25) is 5.02 Å². The lowest BCUT2D eigenvalue weighted by molar-refractivity contribution is -0.165. The number of aliphatic carboxylic acids is 2. The van der Waals surface area contributed by atoms with Crippen LogP contribution in [0, 0.1) is 11.6 Å². The van der Waals surface area contributed by atoms with Gasteiger partial charge < -0.3 is 34.8 Å². The van der Waals surface area contributed by atoms with Crippen molar-refractivity contribution in [2.24, 2.45) is 0 Å². The van der Waals surface area contributed by atoms with Crippen LogP contribution in [0.5, 0.6) is 0 Å². The van der Waals surface area contributed by atoms with E-state index in [2.05, 4.69) is 48.0 Å². The second kappa shape index (κ2) is 19.7. The van der Waals surface area contributed by atoms with Crippen LogP contribution in [0.1, 0.15) is 43.6 Å². The van der Waals surface area contributed by atoms with Crippen molar-refractivity contribution in [1.82, 2.24) is 19.4 Å². The molecule has 2 atom stereocenters. The third-order valence-electron chi connectivity index (χ3n) is 10.2. The molecule has 0 bridgehead atoms. The fourth-order valence-corrected chi connectivity index (χ4v) is 7.02. The van der Waals surface area contributed by atoms with Gasteiger partial charge in [0, 0.05) is 43.2 Å². The van der Waals surface area contributed by atoms with Crippen LogP contribution in [0.15, 0.2) is 95.8 Å². The van der Waals surface area contributed by atoms with Gasteiger partial charge in [0.05, 0.1) is 10.9 Å². The molecule has 0 saturated carbocycles. The Hall–Kier alpha value is -5.54. The zero-order valence-corrected chi connectivity index (χ0v) is 32.7. The SMILES string of the molecule is CC(C)N1CCC(N(Cc2ccc(-c3ccc(Cl)cc3)cc2)C(=O)Cn2c(CCc3cccc(F)c3F)nc(=O)c3ccccc32)CC1.O=C(O)[C@H](O)[C@@H](O)C(=O)O. The average Bonchev–Trinajstić information content (AvgIpc) is 3.21. The number of carboxylic acids is 2. The Kier molecular flexibility index (Phi) is 14.8. The maximum absolute atomic E-state index is 14.5. The number of amides is 1. The molecule has 1 aliphatic heterocycles. The van der Waals surface area contributed by atoms with Crippen LogP contribution < -0.4 is 5.56 Å². The Balaban J connectivity index is 0.000000567. The summed E-state index contributed by atoms with van der Waals surface area (Å²) in [5, 5.41) is 33.6. The molecule has 1 fully saturated rings. The number of aliphatic hydroxyl groups excluding tert-OH is 2. The molecule has 306 valence electrons. The van der Waals surface area contributed by atoms with E-state index in [1.54, 1.807) is 22.8 Å². The van der Waals surface area contributed by atoms with Gasteiger partial charge in [-0.05, 0) is 85.7 Å². The smallest absolute Gasteiger partial charge is 0.335 e. The Labute approximate surface area is 338 Å². The third kappa shape index (κ3) is 10.9. The van der Waals surface area contributed by atoms with Crippen LogP contribution in [0.25, 0.3) is 22.0 Å². The molecule has 6 rings (SSSR count). The molecule has 0 unspecified atom stereocenters. The Bertz CT molecular complexity index is 2260. The molecule has 1 aromatic heterocycles. The number of carboxylic acid groups (broad SMARTS) is 2. The van der Waals surface area contributed by atoms with E-state index in [1.165, 1.54) is 12.1 Å². The minimum absolute atomic E-state index is 0.0342. The molecule has 58 heavy (non-hydrogen) atoms. The number of carbonyl (C=O) groups excluding carboxylic acids is 1. The Morgan fingerprint density at radius 3 is 2.00 bits per heavy atom. The molecule has 4 N–H and O–H groups in total. The van der Waals surface area contributed by atoms with Gasteiger partial charge >= 0.3 is 11.9 Å². The highest BCUT2D eigenvalue weighted by Crippen LogP contribution is 2.26. The fourth-order valence-electron chi connectivity index (χ4n) is 6.89. The van der Waals surface area contributed by atoms with Crippen LogP contribution in [-0.4, -0.2) is 95.0 Å². The Morgan fingerprint density at radius 1 is 0.828 bits per heavy atom. The first kappa shape index (κ1) is 43.6. The molecule has 5 aromatic rings. The van der Waals surface area contributed by atoms with E-state index >= 15 is 0 Å². The molecular weight excluding hydrogens is 774 g/mol. The zero-order chi connectivity index (χ0) is 42.1. The highest BCUT2D eigenvalue weighted by Gasteiger charge is 2.31. The number of rotatable bonds is 13. The van der Waals surface area contributed by atoms with Crippen molar-refractivity contribution < 1.29 is 43.6 Å². The highest BCUT2D eigenvalue weighted by atomic mass is 35.5. The number of fused-ring (bicyclic) bond motifs is 1. The van der Waals surface area contributed by atoms with Gasteiger partial charge in [-0.3, -0.25) is 9.59 Å². The summed E-state index contributed by atoms with van der Waals surface area (Å²) in [6.07, 6.45) is -2.55. The van der Waals surface area contributed by atoms with Gasteiger partial charge in [-0.25, -0.2) is 18.4 Å². The lowest BCUT2D eigenvalue weighted by Crippen LogP contribution is -2.49. The number of hydrogen-bond donors (Lipinski definition) is 4. The predicted octanol–water partition coefficient (Wildman–Crippen LogP) is 5.56. The van der Waals surface area contributed by atoms with Crippen LogP contribution in [0.3, 0.4) is 0 Å². The summed E-state index contributed by atoms with van der Waals surface area (Å²) in [6, 6.07) is 27.6. The summed E-state index contributed by atoms with van der Waals surface area (Å²) in [4.78, 5) is 55.8. The van der Waals surface area contributed by atoms with E-state index in [1.807, 2.05) is 35.2 Å². The summed E-state index contributed by atoms with van der Waals surface area (Å²) in [5.74, 6) is -5.10.